The SMILES string of the molecule is COc1ccccc1N(CC(=O)Nc1cccc(-n2ccnc2)c1)S(=O)(=O)c1ccc(SC)cc1. The van der Waals surface area contributed by atoms with Gasteiger partial charge in [0, 0.05) is 28.7 Å². The van der Waals surface area contributed by atoms with Gasteiger partial charge in [0.05, 0.1) is 24.0 Å². The second-order valence-electron chi connectivity index (χ2n) is 7.43. The second-order valence-corrected chi connectivity index (χ2v) is 10.2. The fourth-order valence-electron chi connectivity index (χ4n) is 3.50. The van der Waals surface area contributed by atoms with Crippen LogP contribution in [-0.2, 0) is 14.8 Å². The first-order valence-electron chi connectivity index (χ1n) is 10.6. The van der Waals surface area contributed by atoms with E-state index in [1.165, 1.54) is 31.0 Å². The maximum atomic E-state index is 13.7. The van der Waals surface area contributed by atoms with Gasteiger partial charge in [0.1, 0.15) is 12.3 Å². The molecule has 3 aromatic carbocycles. The monoisotopic (exact) mass is 508 g/mol. The van der Waals surface area contributed by atoms with Crippen molar-refractivity contribution < 1.29 is 17.9 Å². The third kappa shape index (κ3) is 5.50. The maximum absolute atomic E-state index is 13.7. The highest BCUT2D eigenvalue weighted by Gasteiger charge is 2.29. The number of carbonyl (C=O) groups excluding carboxylic acids is 1. The van der Waals surface area contributed by atoms with Crippen LogP contribution >= 0.6 is 11.8 Å². The Morgan fingerprint density at radius 3 is 2.54 bits per heavy atom. The third-order valence-electron chi connectivity index (χ3n) is 5.22. The predicted molar refractivity (Wildman–Crippen MR) is 138 cm³/mol. The molecule has 0 unspecified atom stereocenters. The fourth-order valence-corrected chi connectivity index (χ4v) is 5.34. The van der Waals surface area contributed by atoms with Crippen molar-refractivity contribution in [2.45, 2.75) is 9.79 Å². The van der Waals surface area contributed by atoms with Crippen LogP contribution < -0.4 is 14.4 Å². The van der Waals surface area contributed by atoms with Gasteiger partial charge in [-0.3, -0.25) is 9.10 Å². The van der Waals surface area contributed by atoms with Crippen LogP contribution in [0.4, 0.5) is 11.4 Å². The number of nitrogens with one attached hydrogen (secondary N) is 1. The van der Waals surface area contributed by atoms with E-state index in [2.05, 4.69) is 10.3 Å². The number of ether oxygens (including phenoxy) is 1. The summed E-state index contributed by atoms with van der Waals surface area (Å²) in [5, 5.41) is 2.80. The van der Waals surface area contributed by atoms with E-state index in [0.717, 1.165) is 14.9 Å². The molecule has 4 rings (SSSR count). The van der Waals surface area contributed by atoms with Crippen LogP contribution in [0.5, 0.6) is 5.75 Å². The molecule has 4 aromatic rings. The van der Waals surface area contributed by atoms with Crippen LogP contribution in [0.15, 0.2) is 101 Å². The minimum Gasteiger partial charge on any atom is -0.495 e. The second kappa shape index (κ2) is 10.7. The van der Waals surface area contributed by atoms with Crippen molar-refractivity contribution in [1.82, 2.24) is 9.55 Å². The van der Waals surface area contributed by atoms with E-state index in [1.54, 1.807) is 77.9 Å². The molecule has 0 aliphatic rings. The minimum absolute atomic E-state index is 0.0797. The molecule has 1 amide bonds. The number of para-hydroxylation sites is 2. The Bertz CT molecular complexity index is 1410. The number of imidazole rings is 1. The van der Waals surface area contributed by atoms with E-state index >= 15 is 0 Å². The zero-order chi connectivity index (χ0) is 24.8. The number of carbonyl (C=O) groups is 1. The first-order valence-corrected chi connectivity index (χ1v) is 13.3. The molecular formula is C25H24N4O4S2. The summed E-state index contributed by atoms with van der Waals surface area (Å²) < 4.78 is 35.6. The van der Waals surface area contributed by atoms with Crippen molar-refractivity contribution in [3.8, 4) is 11.4 Å². The third-order valence-corrected chi connectivity index (χ3v) is 7.74. The summed E-state index contributed by atoms with van der Waals surface area (Å²) in [5.41, 5.74) is 1.61. The molecule has 0 atom stereocenters. The summed E-state index contributed by atoms with van der Waals surface area (Å²) in [6.45, 7) is -0.442. The number of amides is 1. The molecule has 0 fully saturated rings. The van der Waals surface area contributed by atoms with Crippen molar-refractivity contribution in [2.24, 2.45) is 0 Å². The number of rotatable bonds is 9. The summed E-state index contributed by atoms with van der Waals surface area (Å²) in [7, 11) is -2.61. The molecule has 1 N–H and O–H groups in total. The number of nitrogens with zero attached hydrogens (tertiary/aromatic N) is 3. The average Bonchev–Trinajstić information content (AvgIpc) is 3.43. The molecule has 8 nitrogen and oxygen atoms in total. The van der Waals surface area contributed by atoms with Gasteiger partial charge in [-0.05, 0) is 60.9 Å². The summed E-state index contributed by atoms with van der Waals surface area (Å²) >= 11 is 1.51. The van der Waals surface area contributed by atoms with Gasteiger partial charge in [0.2, 0.25) is 5.91 Å². The number of sulfonamides is 1. The molecule has 0 aliphatic carbocycles. The van der Waals surface area contributed by atoms with Crippen LogP contribution in [0.3, 0.4) is 0 Å². The summed E-state index contributed by atoms with van der Waals surface area (Å²) in [6, 6.07) is 20.4. The highest BCUT2D eigenvalue weighted by molar-refractivity contribution is 7.98. The molecule has 35 heavy (non-hydrogen) atoms. The first kappa shape index (κ1) is 24.4. The van der Waals surface area contributed by atoms with Gasteiger partial charge in [-0.1, -0.05) is 18.2 Å². The Balaban J connectivity index is 1.65. The van der Waals surface area contributed by atoms with Crippen LogP contribution in [-0.4, -0.2) is 43.8 Å². The molecule has 180 valence electrons. The van der Waals surface area contributed by atoms with Gasteiger partial charge in [-0.2, -0.15) is 0 Å². The standard InChI is InChI=1S/C25H24N4O4S2/c1-33-24-9-4-3-8-23(24)29(35(31,32)22-12-10-21(34-2)11-13-22)17-25(30)27-19-6-5-7-20(16-19)28-15-14-26-18-28/h3-16,18H,17H2,1-2H3,(H,27,30). The van der Waals surface area contributed by atoms with E-state index in [-0.39, 0.29) is 10.6 Å². The number of benzene rings is 3. The lowest BCUT2D eigenvalue weighted by atomic mass is 10.2. The van der Waals surface area contributed by atoms with Gasteiger partial charge in [0.15, 0.2) is 0 Å². The molecular weight excluding hydrogens is 484 g/mol. The molecule has 0 radical (unpaired) electrons. The molecule has 0 saturated heterocycles. The largest absolute Gasteiger partial charge is 0.495 e. The smallest absolute Gasteiger partial charge is 0.264 e. The fraction of sp³-hybridized carbons (Fsp3) is 0.120. The Hall–Kier alpha value is -3.76. The average molecular weight is 509 g/mol. The quantitative estimate of drug-likeness (QED) is 0.336. The number of thioether (sulfide) groups is 1. The number of aromatic nitrogens is 2. The maximum Gasteiger partial charge on any atom is 0.264 e. The first-order chi connectivity index (χ1) is 16.9. The van der Waals surface area contributed by atoms with Crippen molar-refractivity contribution in [3.05, 3.63) is 91.5 Å². The lowest BCUT2D eigenvalue weighted by molar-refractivity contribution is -0.114. The van der Waals surface area contributed by atoms with Crippen LogP contribution in [0.1, 0.15) is 0 Å². The Morgan fingerprint density at radius 2 is 1.86 bits per heavy atom. The molecule has 0 saturated carbocycles. The normalized spacial score (nSPS) is 11.1. The lowest BCUT2D eigenvalue weighted by Gasteiger charge is -2.25. The van der Waals surface area contributed by atoms with E-state index in [9.17, 15) is 13.2 Å². The highest BCUT2D eigenvalue weighted by Crippen LogP contribution is 2.32. The summed E-state index contributed by atoms with van der Waals surface area (Å²) in [4.78, 5) is 18.1. The number of methoxy groups -OCH3 is 1. The van der Waals surface area contributed by atoms with Gasteiger partial charge < -0.3 is 14.6 Å². The van der Waals surface area contributed by atoms with Crippen LogP contribution in [0.25, 0.3) is 5.69 Å². The van der Waals surface area contributed by atoms with E-state index in [1.807, 2.05) is 12.3 Å². The van der Waals surface area contributed by atoms with Crippen molar-refractivity contribution in [3.63, 3.8) is 0 Å². The highest BCUT2D eigenvalue weighted by atomic mass is 32.2. The zero-order valence-corrected chi connectivity index (χ0v) is 20.8. The molecule has 0 aliphatic heterocycles. The number of anilines is 2. The van der Waals surface area contributed by atoms with Gasteiger partial charge in [-0.15, -0.1) is 11.8 Å². The van der Waals surface area contributed by atoms with Crippen molar-refractivity contribution in [2.75, 3.05) is 29.5 Å². The summed E-state index contributed by atoms with van der Waals surface area (Å²) in [5.74, 6) is -0.158. The van der Waals surface area contributed by atoms with Gasteiger partial charge in [0.25, 0.3) is 10.0 Å². The Labute approximate surface area is 208 Å². The Kier molecular flexibility index (Phi) is 7.42. The minimum atomic E-state index is -4.07. The summed E-state index contributed by atoms with van der Waals surface area (Å²) in [6.07, 6.45) is 7.02. The van der Waals surface area contributed by atoms with Crippen molar-refractivity contribution in [1.29, 1.82) is 0 Å². The molecule has 0 spiro atoms. The Morgan fingerprint density at radius 1 is 1.09 bits per heavy atom. The molecule has 1 aromatic heterocycles. The topological polar surface area (TPSA) is 93.5 Å². The van der Waals surface area contributed by atoms with E-state index in [0.29, 0.717) is 11.4 Å². The number of hydrogen-bond donors (Lipinski definition) is 1. The molecule has 10 heteroatoms. The molecule has 0 bridgehead atoms. The van der Waals surface area contributed by atoms with Gasteiger partial charge in [-0.25, -0.2) is 13.4 Å². The van der Waals surface area contributed by atoms with Crippen molar-refractivity contribution >= 4 is 39.1 Å². The lowest BCUT2D eigenvalue weighted by Crippen LogP contribution is -2.38. The molecule has 1 heterocycles. The van der Waals surface area contributed by atoms with Crippen LogP contribution in [0, 0.1) is 0 Å². The van der Waals surface area contributed by atoms with Crippen LogP contribution in [0.2, 0.25) is 0 Å². The predicted octanol–water partition coefficient (Wildman–Crippen LogP) is 4.44. The van der Waals surface area contributed by atoms with E-state index in [4.69, 9.17) is 4.74 Å². The zero-order valence-electron chi connectivity index (χ0n) is 19.2. The van der Waals surface area contributed by atoms with Gasteiger partial charge >= 0.3 is 0 Å². The van der Waals surface area contributed by atoms with E-state index < -0.39 is 22.5 Å². The number of hydrogen-bond acceptors (Lipinski definition) is 6.